The van der Waals surface area contributed by atoms with Gasteiger partial charge in [-0.15, -0.1) is 0 Å². The fraction of sp³-hybridized carbons (Fsp3) is 0.200. The molecule has 1 atom stereocenters. The first-order valence-electron chi connectivity index (χ1n) is 5.99. The normalized spacial score (nSPS) is 12.1. The van der Waals surface area contributed by atoms with Crippen LogP contribution in [0.2, 0.25) is 5.02 Å². The SMILES string of the molecule is COc1ccc(C(N)c2ccc(Cl)cc2F)c(OC)c1. The molecule has 0 heterocycles. The number of rotatable bonds is 4. The van der Waals surface area contributed by atoms with Crippen LogP contribution in [0.15, 0.2) is 36.4 Å². The fourth-order valence-corrected chi connectivity index (χ4v) is 2.16. The minimum absolute atomic E-state index is 0.333. The van der Waals surface area contributed by atoms with Gasteiger partial charge in [-0.25, -0.2) is 4.39 Å². The van der Waals surface area contributed by atoms with E-state index < -0.39 is 11.9 Å². The number of ether oxygens (including phenoxy) is 2. The van der Waals surface area contributed by atoms with Crippen molar-refractivity contribution < 1.29 is 13.9 Å². The van der Waals surface area contributed by atoms with Crippen LogP contribution in [0.25, 0.3) is 0 Å². The lowest BCUT2D eigenvalue weighted by molar-refractivity contribution is 0.389. The Morgan fingerprint density at radius 3 is 2.35 bits per heavy atom. The Kier molecular flexibility index (Phi) is 4.47. The van der Waals surface area contributed by atoms with Crippen molar-refractivity contribution in [2.24, 2.45) is 5.73 Å². The monoisotopic (exact) mass is 295 g/mol. The summed E-state index contributed by atoms with van der Waals surface area (Å²) < 4.78 is 24.3. The van der Waals surface area contributed by atoms with Crippen LogP contribution in [-0.2, 0) is 0 Å². The summed E-state index contributed by atoms with van der Waals surface area (Å²) in [6.45, 7) is 0. The predicted octanol–water partition coefficient (Wildman–Crippen LogP) is 3.54. The van der Waals surface area contributed by atoms with E-state index in [4.69, 9.17) is 26.8 Å². The summed E-state index contributed by atoms with van der Waals surface area (Å²) in [6, 6.07) is 9.01. The van der Waals surface area contributed by atoms with E-state index in [0.717, 1.165) is 0 Å². The Labute approximate surface area is 122 Å². The summed E-state index contributed by atoms with van der Waals surface area (Å²) in [7, 11) is 3.09. The zero-order chi connectivity index (χ0) is 14.7. The molecule has 0 amide bonds. The van der Waals surface area contributed by atoms with Crippen LogP contribution in [0.4, 0.5) is 4.39 Å². The molecule has 0 bridgehead atoms. The summed E-state index contributed by atoms with van der Waals surface area (Å²) in [4.78, 5) is 0. The van der Waals surface area contributed by atoms with Gasteiger partial charge < -0.3 is 15.2 Å². The summed E-state index contributed by atoms with van der Waals surface area (Å²) >= 11 is 5.74. The molecule has 0 fully saturated rings. The second-order valence-corrected chi connectivity index (χ2v) is 4.69. The van der Waals surface area contributed by atoms with Crippen LogP contribution in [0.3, 0.4) is 0 Å². The molecule has 5 heteroatoms. The molecule has 2 aromatic carbocycles. The fourth-order valence-electron chi connectivity index (χ4n) is 2.00. The molecule has 20 heavy (non-hydrogen) atoms. The zero-order valence-electron chi connectivity index (χ0n) is 11.2. The van der Waals surface area contributed by atoms with Gasteiger partial charge in [0.15, 0.2) is 0 Å². The highest BCUT2D eigenvalue weighted by Crippen LogP contribution is 2.33. The molecule has 2 aromatic rings. The number of hydrogen-bond acceptors (Lipinski definition) is 3. The van der Waals surface area contributed by atoms with Crippen LogP contribution in [0.5, 0.6) is 11.5 Å². The Morgan fingerprint density at radius 2 is 1.75 bits per heavy atom. The third-order valence-electron chi connectivity index (χ3n) is 3.07. The first-order valence-corrected chi connectivity index (χ1v) is 6.37. The van der Waals surface area contributed by atoms with Crippen molar-refractivity contribution in [3.8, 4) is 11.5 Å². The average molecular weight is 296 g/mol. The van der Waals surface area contributed by atoms with Crippen LogP contribution in [0.1, 0.15) is 17.2 Å². The second-order valence-electron chi connectivity index (χ2n) is 4.25. The standard InChI is InChI=1S/C15H15ClFNO2/c1-19-10-4-6-12(14(8-10)20-2)15(18)11-5-3-9(16)7-13(11)17/h3-8,15H,18H2,1-2H3. The maximum absolute atomic E-state index is 13.9. The summed E-state index contributed by atoms with van der Waals surface area (Å²) in [5.41, 5.74) is 7.17. The Hall–Kier alpha value is -1.78. The zero-order valence-corrected chi connectivity index (χ0v) is 11.9. The van der Waals surface area contributed by atoms with Crippen LogP contribution < -0.4 is 15.2 Å². The van der Waals surface area contributed by atoms with Crippen molar-refractivity contribution in [3.05, 3.63) is 58.4 Å². The maximum atomic E-state index is 13.9. The molecule has 0 aromatic heterocycles. The first-order chi connectivity index (χ1) is 9.56. The third-order valence-corrected chi connectivity index (χ3v) is 3.31. The van der Waals surface area contributed by atoms with Gasteiger partial charge in [0.05, 0.1) is 20.3 Å². The van der Waals surface area contributed by atoms with Gasteiger partial charge in [0.25, 0.3) is 0 Å². The Balaban J connectivity index is 2.44. The van der Waals surface area contributed by atoms with E-state index in [0.29, 0.717) is 27.6 Å². The van der Waals surface area contributed by atoms with Gasteiger partial charge in [0.1, 0.15) is 17.3 Å². The van der Waals surface area contributed by atoms with E-state index in [9.17, 15) is 4.39 Å². The highest BCUT2D eigenvalue weighted by Gasteiger charge is 2.18. The molecule has 2 N–H and O–H groups in total. The molecule has 106 valence electrons. The van der Waals surface area contributed by atoms with Gasteiger partial charge in [-0.1, -0.05) is 17.7 Å². The van der Waals surface area contributed by atoms with Gasteiger partial charge >= 0.3 is 0 Å². The van der Waals surface area contributed by atoms with E-state index in [1.807, 2.05) is 0 Å². The highest BCUT2D eigenvalue weighted by atomic mass is 35.5. The number of halogens is 2. The third kappa shape index (κ3) is 2.86. The van der Waals surface area contributed by atoms with E-state index >= 15 is 0 Å². The lowest BCUT2D eigenvalue weighted by atomic mass is 9.98. The molecular formula is C15H15ClFNO2. The van der Waals surface area contributed by atoms with E-state index in [-0.39, 0.29) is 0 Å². The lowest BCUT2D eigenvalue weighted by Crippen LogP contribution is -2.14. The largest absolute Gasteiger partial charge is 0.497 e. The number of nitrogens with two attached hydrogens (primary N) is 1. The van der Waals surface area contributed by atoms with Gasteiger partial charge in [-0.3, -0.25) is 0 Å². The quantitative estimate of drug-likeness (QED) is 0.938. The highest BCUT2D eigenvalue weighted by molar-refractivity contribution is 6.30. The van der Waals surface area contributed by atoms with Crippen molar-refractivity contribution in [3.63, 3.8) is 0 Å². The van der Waals surface area contributed by atoms with Crippen molar-refractivity contribution in [1.29, 1.82) is 0 Å². The molecule has 0 aliphatic heterocycles. The molecule has 0 spiro atoms. The number of benzene rings is 2. The maximum Gasteiger partial charge on any atom is 0.129 e. The molecule has 1 unspecified atom stereocenters. The smallest absolute Gasteiger partial charge is 0.129 e. The molecule has 0 saturated heterocycles. The summed E-state index contributed by atoms with van der Waals surface area (Å²) in [6.07, 6.45) is 0. The summed E-state index contributed by atoms with van der Waals surface area (Å²) in [5.74, 6) is 0.753. The first kappa shape index (κ1) is 14.6. The van der Waals surface area contributed by atoms with Crippen molar-refractivity contribution in [2.75, 3.05) is 14.2 Å². The topological polar surface area (TPSA) is 44.5 Å². The molecule has 3 nitrogen and oxygen atoms in total. The lowest BCUT2D eigenvalue weighted by Gasteiger charge is -2.17. The van der Waals surface area contributed by atoms with Crippen LogP contribution >= 0.6 is 11.6 Å². The van der Waals surface area contributed by atoms with Gasteiger partial charge in [-0.2, -0.15) is 0 Å². The van der Waals surface area contributed by atoms with Crippen LogP contribution in [0, 0.1) is 5.82 Å². The number of methoxy groups -OCH3 is 2. The van der Waals surface area contributed by atoms with Gasteiger partial charge in [0.2, 0.25) is 0 Å². The van der Waals surface area contributed by atoms with Crippen molar-refractivity contribution in [1.82, 2.24) is 0 Å². The molecule has 2 rings (SSSR count). The predicted molar refractivity (Wildman–Crippen MR) is 77.0 cm³/mol. The average Bonchev–Trinajstić information content (AvgIpc) is 2.46. The number of hydrogen-bond donors (Lipinski definition) is 1. The minimum Gasteiger partial charge on any atom is -0.497 e. The second kappa shape index (κ2) is 6.11. The molecule has 0 saturated carbocycles. The molecule has 0 radical (unpaired) electrons. The van der Waals surface area contributed by atoms with E-state index in [1.165, 1.54) is 13.2 Å². The molecule has 0 aliphatic carbocycles. The van der Waals surface area contributed by atoms with Crippen molar-refractivity contribution >= 4 is 11.6 Å². The van der Waals surface area contributed by atoms with Crippen LogP contribution in [-0.4, -0.2) is 14.2 Å². The van der Waals surface area contributed by atoms with Gasteiger partial charge in [-0.05, 0) is 24.3 Å². The minimum atomic E-state index is -0.645. The Bertz CT molecular complexity index is 619. The van der Waals surface area contributed by atoms with Gasteiger partial charge in [0, 0.05) is 22.2 Å². The Morgan fingerprint density at radius 1 is 1.05 bits per heavy atom. The van der Waals surface area contributed by atoms with E-state index in [2.05, 4.69) is 0 Å². The molecule has 0 aliphatic rings. The van der Waals surface area contributed by atoms with E-state index in [1.54, 1.807) is 37.4 Å². The summed E-state index contributed by atoms with van der Waals surface area (Å²) in [5, 5.41) is 0.333. The molecular weight excluding hydrogens is 281 g/mol. The van der Waals surface area contributed by atoms with Crippen molar-refractivity contribution in [2.45, 2.75) is 6.04 Å².